The molecule has 2 aromatic rings. The summed E-state index contributed by atoms with van der Waals surface area (Å²) in [5, 5.41) is 7.63. The smallest absolute Gasteiger partial charge is 0.276 e. The van der Waals surface area contributed by atoms with Crippen LogP contribution < -0.4 is 0 Å². The molecule has 1 aliphatic rings. The Hall–Kier alpha value is -2.27. The monoisotopic (exact) mass is 367 g/mol. The summed E-state index contributed by atoms with van der Waals surface area (Å²) in [5.41, 5.74) is 0.263. The third-order valence-electron chi connectivity index (χ3n) is 4.25. The van der Waals surface area contributed by atoms with Crippen LogP contribution in [0.2, 0.25) is 0 Å². The lowest BCUT2D eigenvalue weighted by Crippen LogP contribution is -2.37. The van der Waals surface area contributed by atoms with Gasteiger partial charge in [-0.15, -0.1) is 5.10 Å². The van der Waals surface area contributed by atoms with Gasteiger partial charge in [-0.2, -0.15) is 4.31 Å². The molecular formula is C14H21N7O3S. The van der Waals surface area contributed by atoms with E-state index in [1.807, 2.05) is 0 Å². The van der Waals surface area contributed by atoms with Gasteiger partial charge in [0.05, 0.1) is 6.20 Å². The lowest BCUT2D eigenvalue weighted by Gasteiger charge is -2.20. The molecule has 3 heterocycles. The zero-order chi connectivity index (χ0) is 18.2. The number of amides is 1. The van der Waals surface area contributed by atoms with Crippen molar-refractivity contribution in [1.82, 2.24) is 33.8 Å². The van der Waals surface area contributed by atoms with Gasteiger partial charge in [0.1, 0.15) is 5.82 Å². The summed E-state index contributed by atoms with van der Waals surface area (Å²) in [6.45, 7) is 3.11. The molecule has 136 valence electrons. The van der Waals surface area contributed by atoms with Gasteiger partial charge >= 0.3 is 0 Å². The molecule has 0 aliphatic carbocycles. The number of sulfonamides is 1. The largest absolute Gasteiger partial charge is 0.337 e. The first-order valence-corrected chi connectivity index (χ1v) is 9.39. The molecular weight excluding hydrogens is 346 g/mol. The molecule has 0 aromatic carbocycles. The number of aromatic nitrogens is 5. The number of carbonyl (C=O) groups excluding carboxylic acids is 1. The predicted molar refractivity (Wildman–Crippen MR) is 88.2 cm³/mol. The van der Waals surface area contributed by atoms with E-state index in [1.54, 1.807) is 36.7 Å². The molecule has 0 atom stereocenters. The van der Waals surface area contributed by atoms with Crippen molar-refractivity contribution in [2.45, 2.75) is 18.4 Å². The Bertz CT molecular complexity index is 867. The van der Waals surface area contributed by atoms with Crippen molar-refractivity contribution in [3.8, 4) is 0 Å². The van der Waals surface area contributed by atoms with Gasteiger partial charge in [0.15, 0.2) is 10.7 Å². The maximum absolute atomic E-state index is 12.8. The molecule has 1 aliphatic heterocycles. The van der Waals surface area contributed by atoms with Crippen LogP contribution in [0, 0.1) is 6.92 Å². The summed E-state index contributed by atoms with van der Waals surface area (Å²) in [7, 11) is -0.220. The van der Waals surface area contributed by atoms with E-state index >= 15 is 0 Å². The van der Waals surface area contributed by atoms with Crippen LogP contribution in [0.15, 0.2) is 17.4 Å². The van der Waals surface area contributed by atoms with Crippen LogP contribution in [-0.4, -0.2) is 74.3 Å². The van der Waals surface area contributed by atoms with Gasteiger partial charge in [0.25, 0.3) is 15.9 Å². The standard InChI is InChI=1S/C14H21N7O3S/c1-11-15-13(10-18(11)2)25(23,24)21-6-4-5-20(7-8-21)14(22)12-9-19(3)17-16-12/h9-10H,4-8H2,1-3H3. The Morgan fingerprint density at radius 1 is 1.12 bits per heavy atom. The van der Waals surface area contributed by atoms with Crippen molar-refractivity contribution in [2.24, 2.45) is 14.1 Å². The van der Waals surface area contributed by atoms with E-state index < -0.39 is 10.0 Å². The average Bonchev–Trinajstić information content (AvgIpc) is 3.04. The molecule has 0 saturated carbocycles. The minimum Gasteiger partial charge on any atom is -0.337 e. The summed E-state index contributed by atoms with van der Waals surface area (Å²) >= 11 is 0. The number of hydrogen-bond donors (Lipinski definition) is 0. The molecule has 2 aromatic heterocycles. The van der Waals surface area contributed by atoms with Crippen molar-refractivity contribution in [2.75, 3.05) is 26.2 Å². The van der Waals surface area contributed by atoms with Gasteiger partial charge in [0, 0.05) is 46.5 Å². The van der Waals surface area contributed by atoms with Crippen LogP contribution in [0.25, 0.3) is 0 Å². The SMILES string of the molecule is Cc1nc(S(=O)(=O)N2CCCN(C(=O)c3cn(C)nn3)CC2)cn1C. The molecule has 10 nitrogen and oxygen atoms in total. The third-order valence-corrected chi connectivity index (χ3v) is 6.02. The number of hydrogen-bond acceptors (Lipinski definition) is 6. The molecule has 0 unspecified atom stereocenters. The fourth-order valence-electron chi connectivity index (χ4n) is 2.73. The van der Waals surface area contributed by atoms with Gasteiger partial charge in [-0.1, -0.05) is 5.21 Å². The van der Waals surface area contributed by atoms with Gasteiger partial charge in [-0.05, 0) is 13.3 Å². The Morgan fingerprint density at radius 2 is 1.88 bits per heavy atom. The highest BCUT2D eigenvalue weighted by Crippen LogP contribution is 2.17. The van der Waals surface area contributed by atoms with E-state index in [9.17, 15) is 13.2 Å². The maximum atomic E-state index is 12.8. The van der Waals surface area contributed by atoms with E-state index in [4.69, 9.17) is 0 Å². The molecule has 0 N–H and O–H groups in total. The normalized spacial score (nSPS) is 16.8. The fourth-order valence-corrected chi connectivity index (χ4v) is 4.22. The average molecular weight is 367 g/mol. The Labute approximate surface area is 146 Å². The van der Waals surface area contributed by atoms with Gasteiger partial charge < -0.3 is 9.47 Å². The van der Waals surface area contributed by atoms with Crippen molar-refractivity contribution < 1.29 is 13.2 Å². The van der Waals surface area contributed by atoms with Crippen LogP contribution in [0.1, 0.15) is 22.7 Å². The number of carbonyl (C=O) groups is 1. The summed E-state index contributed by atoms with van der Waals surface area (Å²) < 4.78 is 30.1. The summed E-state index contributed by atoms with van der Waals surface area (Å²) in [5.74, 6) is 0.397. The second-order valence-corrected chi connectivity index (χ2v) is 7.95. The third kappa shape index (κ3) is 3.42. The molecule has 0 spiro atoms. The van der Waals surface area contributed by atoms with Crippen molar-refractivity contribution >= 4 is 15.9 Å². The first-order valence-electron chi connectivity index (χ1n) is 7.95. The highest BCUT2D eigenvalue weighted by molar-refractivity contribution is 7.89. The fraction of sp³-hybridized carbons (Fsp3) is 0.571. The number of nitrogens with zero attached hydrogens (tertiary/aromatic N) is 7. The van der Waals surface area contributed by atoms with Crippen molar-refractivity contribution in [1.29, 1.82) is 0 Å². The second-order valence-electron chi connectivity index (χ2n) is 6.06. The Balaban J connectivity index is 1.74. The molecule has 0 bridgehead atoms. The Kier molecular flexibility index (Phi) is 4.60. The molecule has 0 radical (unpaired) electrons. The molecule has 1 saturated heterocycles. The van der Waals surface area contributed by atoms with E-state index in [0.29, 0.717) is 31.9 Å². The van der Waals surface area contributed by atoms with Crippen molar-refractivity contribution in [3.63, 3.8) is 0 Å². The minimum absolute atomic E-state index is 0.0428. The lowest BCUT2D eigenvalue weighted by molar-refractivity contribution is 0.0758. The number of rotatable bonds is 3. The molecule has 11 heteroatoms. The Morgan fingerprint density at radius 3 is 2.48 bits per heavy atom. The second kappa shape index (κ2) is 6.56. The van der Waals surface area contributed by atoms with Gasteiger partial charge in [0.2, 0.25) is 0 Å². The zero-order valence-corrected chi connectivity index (χ0v) is 15.3. The lowest BCUT2D eigenvalue weighted by atomic mass is 10.3. The van der Waals surface area contributed by atoms with Crippen LogP contribution in [0.5, 0.6) is 0 Å². The maximum Gasteiger partial charge on any atom is 0.276 e. The van der Waals surface area contributed by atoms with E-state index in [0.717, 1.165) is 0 Å². The highest BCUT2D eigenvalue weighted by atomic mass is 32.2. The van der Waals surface area contributed by atoms with E-state index in [-0.39, 0.29) is 23.2 Å². The van der Waals surface area contributed by atoms with Crippen LogP contribution in [0.3, 0.4) is 0 Å². The zero-order valence-electron chi connectivity index (χ0n) is 14.5. The minimum atomic E-state index is -3.67. The highest BCUT2D eigenvalue weighted by Gasteiger charge is 2.31. The van der Waals surface area contributed by atoms with E-state index in [2.05, 4.69) is 15.3 Å². The predicted octanol–water partition coefficient (Wildman–Crippen LogP) is -0.606. The molecule has 3 rings (SSSR count). The topological polar surface area (TPSA) is 106 Å². The molecule has 25 heavy (non-hydrogen) atoms. The van der Waals surface area contributed by atoms with Gasteiger partial charge in [-0.25, -0.2) is 13.4 Å². The first-order chi connectivity index (χ1) is 11.8. The first kappa shape index (κ1) is 17.5. The summed E-state index contributed by atoms with van der Waals surface area (Å²) in [4.78, 5) is 18.2. The van der Waals surface area contributed by atoms with Crippen LogP contribution in [0.4, 0.5) is 0 Å². The summed E-state index contributed by atoms with van der Waals surface area (Å²) in [6.07, 6.45) is 3.62. The molecule has 1 fully saturated rings. The number of aryl methyl sites for hydroxylation is 3. The number of imidazole rings is 1. The van der Waals surface area contributed by atoms with Crippen molar-refractivity contribution in [3.05, 3.63) is 23.9 Å². The van der Waals surface area contributed by atoms with Gasteiger partial charge in [-0.3, -0.25) is 9.48 Å². The van der Waals surface area contributed by atoms with Crippen LogP contribution >= 0.6 is 0 Å². The van der Waals surface area contributed by atoms with Crippen LogP contribution in [-0.2, 0) is 24.1 Å². The quantitative estimate of drug-likeness (QED) is 0.717. The molecule has 1 amide bonds. The summed E-state index contributed by atoms with van der Waals surface area (Å²) in [6, 6.07) is 0. The van der Waals surface area contributed by atoms with E-state index in [1.165, 1.54) is 15.2 Å².